The van der Waals surface area contributed by atoms with E-state index in [1.165, 1.54) is 19.3 Å². The summed E-state index contributed by atoms with van der Waals surface area (Å²) in [5.41, 5.74) is 0. The molecule has 0 spiro atoms. The molecule has 0 aromatic carbocycles. The third-order valence-corrected chi connectivity index (χ3v) is 3.16. The van der Waals surface area contributed by atoms with Crippen LogP contribution in [-0.2, 0) is 4.79 Å². The summed E-state index contributed by atoms with van der Waals surface area (Å²) in [6, 6.07) is 0. The third-order valence-electron chi connectivity index (χ3n) is 3.16. The minimum absolute atomic E-state index is 0.332. The SMILES string of the molecule is C/C=C/C(=O)C1CCC(CC)CC1. The van der Waals surface area contributed by atoms with Crippen LogP contribution in [0.4, 0.5) is 0 Å². The van der Waals surface area contributed by atoms with E-state index in [1.807, 2.05) is 13.0 Å². The van der Waals surface area contributed by atoms with Gasteiger partial charge in [0.25, 0.3) is 0 Å². The first-order chi connectivity index (χ1) is 6.27. The Balaban J connectivity index is 2.36. The molecule has 1 heteroatoms. The predicted molar refractivity (Wildman–Crippen MR) is 55.6 cm³/mol. The maximum atomic E-state index is 11.5. The molecule has 13 heavy (non-hydrogen) atoms. The van der Waals surface area contributed by atoms with Gasteiger partial charge < -0.3 is 0 Å². The van der Waals surface area contributed by atoms with E-state index in [9.17, 15) is 4.79 Å². The van der Waals surface area contributed by atoms with Crippen LogP contribution >= 0.6 is 0 Å². The number of hydrogen-bond donors (Lipinski definition) is 0. The number of ketones is 1. The number of carbonyl (C=O) groups is 1. The van der Waals surface area contributed by atoms with Gasteiger partial charge in [0.1, 0.15) is 0 Å². The van der Waals surface area contributed by atoms with Gasteiger partial charge in [-0.05, 0) is 44.6 Å². The molecule has 0 atom stereocenters. The van der Waals surface area contributed by atoms with Gasteiger partial charge in [-0.2, -0.15) is 0 Å². The summed E-state index contributed by atoms with van der Waals surface area (Å²) in [5.74, 6) is 1.56. The fourth-order valence-electron chi connectivity index (χ4n) is 2.16. The van der Waals surface area contributed by atoms with Gasteiger partial charge in [0.15, 0.2) is 5.78 Å². The summed E-state index contributed by atoms with van der Waals surface area (Å²) in [4.78, 5) is 11.5. The quantitative estimate of drug-likeness (QED) is 0.609. The standard InChI is InChI=1S/C12H20O/c1-3-5-12(13)11-8-6-10(4-2)7-9-11/h3,5,10-11H,4,6-9H2,1-2H3/b5-3+. The van der Waals surface area contributed by atoms with Crippen molar-refractivity contribution >= 4 is 5.78 Å². The van der Waals surface area contributed by atoms with Gasteiger partial charge >= 0.3 is 0 Å². The lowest BCUT2D eigenvalue weighted by molar-refractivity contribution is -0.119. The topological polar surface area (TPSA) is 17.1 Å². The monoisotopic (exact) mass is 180 g/mol. The van der Waals surface area contributed by atoms with Crippen molar-refractivity contribution in [2.75, 3.05) is 0 Å². The molecule has 0 bridgehead atoms. The van der Waals surface area contributed by atoms with E-state index < -0.39 is 0 Å². The van der Waals surface area contributed by atoms with Crippen LogP contribution in [0.3, 0.4) is 0 Å². The van der Waals surface area contributed by atoms with Gasteiger partial charge in [-0.25, -0.2) is 0 Å². The van der Waals surface area contributed by atoms with E-state index >= 15 is 0 Å². The normalized spacial score (nSPS) is 29.4. The molecule has 0 radical (unpaired) electrons. The maximum absolute atomic E-state index is 11.5. The first-order valence-corrected chi connectivity index (χ1v) is 5.44. The fraction of sp³-hybridized carbons (Fsp3) is 0.750. The van der Waals surface area contributed by atoms with Crippen LogP contribution in [0.5, 0.6) is 0 Å². The molecule has 1 aliphatic carbocycles. The van der Waals surface area contributed by atoms with Crippen LogP contribution < -0.4 is 0 Å². The highest BCUT2D eigenvalue weighted by molar-refractivity contribution is 5.91. The number of allylic oxidation sites excluding steroid dienone is 2. The molecule has 0 unspecified atom stereocenters. The van der Waals surface area contributed by atoms with Crippen molar-refractivity contribution < 1.29 is 4.79 Å². The smallest absolute Gasteiger partial charge is 0.158 e. The van der Waals surface area contributed by atoms with Crippen molar-refractivity contribution in [1.82, 2.24) is 0 Å². The lowest BCUT2D eigenvalue weighted by Crippen LogP contribution is -2.20. The van der Waals surface area contributed by atoms with Crippen LogP contribution in [0, 0.1) is 11.8 Å². The lowest BCUT2D eigenvalue weighted by Gasteiger charge is -2.25. The molecule has 0 aliphatic heterocycles. The van der Waals surface area contributed by atoms with Gasteiger partial charge in [0, 0.05) is 5.92 Å². The minimum Gasteiger partial charge on any atom is -0.295 e. The third kappa shape index (κ3) is 2.98. The van der Waals surface area contributed by atoms with Gasteiger partial charge in [0.05, 0.1) is 0 Å². The number of carbonyl (C=O) groups excluding carboxylic acids is 1. The second kappa shape index (κ2) is 5.21. The molecule has 1 saturated carbocycles. The summed E-state index contributed by atoms with van der Waals surface area (Å²) >= 11 is 0. The molecule has 1 nitrogen and oxygen atoms in total. The van der Waals surface area contributed by atoms with E-state index in [4.69, 9.17) is 0 Å². The second-order valence-electron chi connectivity index (χ2n) is 4.03. The van der Waals surface area contributed by atoms with Gasteiger partial charge in [0.2, 0.25) is 0 Å². The Morgan fingerprint density at radius 3 is 2.38 bits per heavy atom. The molecule has 0 aromatic heterocycles. The molecule has 0 aromatic rings. The molecule has 0 N–H and O–H groups in total. The zero-order valence-corrected chi connectivity index (χ0v) is 8.75. The molecule has 1 rings (SSSR count). The molecule has 1 aliphatic rings. The second-order valence-corrected chi connectivity index (χ2v) is 4.03. The molecule has 0 saturated heterocycles. The summed E-state index contributed by atoms with van der Waals surface area (Å²) in [6.45, 7) is 4.16. The Morgan fingerprint density at radius 2 is 1.92 bits per heavy atom. The van der Waals surface area contributed by atoms with Crippen LogP contribution in [0.1, 0.15) is 46.0 Å². The Labute approximate surface area is 81.2 Å². The van der Waals surface area contributed by atoms with Gasteiger partial charge in [-0.1, -0.05) is 19.4 Å². The van der Waals surface area contributed by atoms with Crippen molar-refractivity contribution in [1.29, 1.82) is 0 Å². The predicted octanol–water partition coefficient (Wildman–Crippen LogP) is 3.35. The molecular formula is C12H20O. The summed E-state index contributed by atoms with van der Waals surface area (Å²) in [7, 11) is 0. The van der Waals surface area contributed by atoms with Crippen molar-refractivity contribution in [3.05, 3.63) is 12.2 Å². The largest absolute Gasteiger partial charge is 0.295 e. The van der Waals surface area contributed by atoms with Crippen LogP contribution in [0.25, 0.3) is 0 Å². The molecule has 0 heterocycles. The van der Waals surface area contributed by atoms with Crippen molar-refractivity contribution in [3.8, 4) is 0 Å². The Bertz CT molecular complexity index is 185. The molecule has 0 amide bonds. The van der Waals surface area contributed by atoms with E-state index in [0.29, 0.717) is 11.7 Å². The average Bonchev–Trinajstić information content (AvgIpc) is 2.18. The Hall–Kier alpha value is -0.590. The summed E-state index contributed by atoms with van der Waals surface area (Å²) in [5, 5.41) is 0. The minimum atomic E-state index is 0.332. The zero-order chi connectivity index (χ0) is 9.68. The molecular weight excluding hydrogens is 160 g/mol. The Kier molecular flexibility index (Phi) is 4.20. The first kappa shape index (κ1) is 10.5. The van der Waals surface area contributed by atoms with E-state index in [1.54, 1.807) is 6.08 Å². The summed E-state index contributed by atoms with van der Waals surface area (Å²) in [6.07, 6.45) is 9.61. The highest BCUT2D eigenvalue weighted by Crippen LogP contribution is 2.31. The van der Waals surface area contributed by atoms with Gasteiger partial charge in [-0.3, -0.25) is 4.79 Å². The van der Waals surface area contributed by atoms with Crippen molar-refractivity contribution in [2.24, 2.45) is 11.8 Å². The van der Waals surface area contributed by atoms with Crippen LogP contribution in [-0.4, -0.2) is 5.78 Å². The van der Waals surface area contributed by atoms with Gasteiger partial charge in [-0.15, -0.1) is 0 Å². The zero-order valence-electron chi connectivity index (χ0n) is 8.75. The molecule has 74 valence electrons. The number of rotatable bonds is 3. The van der Waals surface area contributed by atoms with Crippen molar-refractivity contribution in [3.63, 3.8) is 0 Å². The van der Waals surface area contributed by atoms with E-state index in [2.05, 4.69) is 6.92 Å². The van der Waals surface area contributed by atoms with E-state index in [0.717, 1.165) is 18.8 Å². The highest BCUT2D eigenvalue weighted by atomic mass is 16.1. The van der Waals surface area contributed by atoms with E-state index in [-0.39, 0.29) is 0 Å². The average molecular weight is 180 g/mol. The summed E-state index contributed by atoms with van der Waals surface area (Å²) < 4.78 is 0. The van der Waals surface area contributed by atoms with Crippen molar-refractivity contribution in [2.45, 2.75) is 46.0 Å². The first-order valence-electron chi connectivity index (χ1n) is 5.44. The number of hydrogen-bond acceptors (Lipinski definition) is 1. The fourth-order valence-corrected chi connectivity index (χ4v) is 2.16. The Morgan fingerprint density at radius 1 is 1.31 bits per heavy atom. The van der Waals surface area contributed by atoms with Crippen LogP contribution in [0.15, 0.2) is 12.2 Å². The maximum Gasteiger partial charge on any atom is 0.158 e. The highest BCUT2D eigenvalue weighted by Gasteiger charge is 2.23. The molecule has 1 fully saturated rings. The lowest BCUT2D eigenvalue weighted by atomic mass is 9.79. The van der Waals surface area contributed by atoms with Crippen LogP contribution in [0.2, 0.25) is 0 Å².